The number of amides is 1. The van der Waals surface area contributed by atoms with Gasteiger partial charge < -0.3 is 10.1 Å². The lowest BCUT2D eigenvalue weighted by Gasteiger charge is -2.37. The van der Waals surface area contributed by atoms with E-state index in [1.54, 1.807) is 21.0 Å². The van der Waals surface area contributed by atoms with Crippen molar-refractivity contribution < 1.29 is 17.9 Å². The molecule has 0 fully saturated rings. The van der Waals surface area contributed by atoms with E-state index in [0.29, 0.717) is 31.3 Å². The SMILES string of the molecule is COc1ccc(CNC(=O)C[C@@H]2C[C@@H](C(C)C)[C@H](CNS(=O)(=O)C(C)C)C=C2C)cc1. The lowest BCUT2D eigenvalue weighted by Crippen LogP contribution is -2.39. The van der Waals surface area contributed by atoms with Crippen LogP contribution in [0.5, 0.6) is 5.75 Å². The van der Waals surface area contributed by atoms with Crippen LogP contribution >= 0.6 is 0 Å². The number of carbonyl (C=O) groups excluding carboxylic acids is 1. The average Bonchev–Trinajstić information content (AvgIpc) is 2.72. The topological polar surface area (TPSA) is 84.5 Å². The Hall–Kier alpha value is -1.86. The van der Waals surface area contributed by atoms with Crippen LogP contribution in [0.15, 0.2) is 35.9 Å². The molecule has 0 heterocycles. The molecule has 2 rings (SSSR count). The van der Waals surface area contributed by atoms with Gasteiger partial charge in [-0.1, -0.05) is 37.6 Å². The first kappa shape index (κ1) is 25.4. The fourth-order valence-electron chi connectivity index (χ4n) is 4.13. The van der Waals surface area contributed by atoms with Crippen LogP contribution in [-0.2, 0) is 21.4 Å². The molecule has 0 saturated carbocycles. The number of methoxy groups -OCH3 is 1. The molecular formula is C24H38N2O4S. The molecule has 0 aliphatic heterocycles. The van der Waals surface area contributed by atoms with Gasteiger partial charge in [-0.15, -0.1) is 0 Å². The second-order valence-corrected chi connectivity index (χ2v) is 11.5. The minimum absolute atomic E-state index is 0.0371. The molecule has 3 atom stereocenters. The van der Waals surface area contributed by atoms with Crippen molar-refractivity contribution in [2.24, 2.45) is 23.7 Å². The van der Waals surface area contributed by atoms with Gasteiger partial charge in [0.1, 0.15) is 5.75 Å². The highest BCUT2D eigenvalue weighted by Crippen LogP contribution is 2.38. The van der Waals surface area contributed by atoms with E-state index in [9.17, 15) is 13.2 Å². The first-order chi connectivity index (χ1) is 14.5. The summed E-state index contributed by atoms with van der Waals surface area (Å²) in [6.45, 7) is 10.7. The van der Waals surface area contributed by atoms with E-state index in [0.717, 1.165) is 17.7 Å². The third-order valence-corrected chi connectivity index (χ3v) is 8.12. The summed E-state index contributed by atoms with van der Waals surface area (Å²) in [4.78, 5) is 12.6. The maximum Gasteiger partial charge on any atom is 0.220 e. The van der Waals surface area contributed by atoms with Crippen molar-refractivity contribution in [3.05, 3.63) is 41.5 Å². The molecule has 1 aliphatic carbocycles. The summed E-state index contributed by atoms with van der Waals surface area (Å²) in [7, 11) is -1.66. The fourth-order valence-corrected chi connectivity index (χ4v) is 4.88. The Balaban J connectivity index is 1.97. The lowest BCUT2D eigenvalue weighted by molar-refractivity contribution is -0.122. The summed E-state index contributed by atoms with van der Waals surface area (Å²) < 4.78 is 32.3. The molecule has 1 aliphatic rings. The zero-order valence-electron chi connectivity index (χ0n) is 19.6. The number of allylic oxidation sites excluding steroid dienone is 1. The lowest BCUT2D eigenvalue weighted by atomic mass is 9.70. The average molecular weight is 451 g/mol. The third kappa shape index (κ3) is 7.35. The summed E-state index contributed by atoms with van der Waals surface area (Å²) in [6, 6.07) is 7.66. The van der Waals surface area contributed by atoms with Gasteiger partial charge in [-0.25, -0.2) is 13.1 Å². The normalized spacial score (nSPS) is 21.8. The van der Waals surface area contributed by atoms with Crippen LogP contribution in [0.3, 0.4) is 0 Å². The van der Waals surface area contributed by atoms with Crippen LogP contribution in [0.1, 0.15) is 53.0 Å². The predicted octanol–water partition coefficient (Wildman–Crippen LogP) is 3.88. The smallest absolute Gasteiger partial charge is 0.220 e. The molecule has 31 heavy (non-hydrogen) atoms. The quantitative estimate of drug-likeness (QED) is 0.530. The van der Waals surface area contributed by atoms with Gasteiger partial charge in [0.2, 0.25) is 15.9 Å². The Labute approximate surface area is 187 Å². The van der Waals surface area contributed by atoms with Gasteiger partial charge in [0.15, 0.2) is 0 Å². The number of hydrogen-bond donors (Lipinski definition) is 2. The van der Waals surface area contributed by atoms with Crippen LogP contribution < -0.4 is 14.8 Å². The highest BCUT2D eigenvalue weighted by molar-refractivity contribution is 7.90. The van der Waals surface area contributed by atoms with E-state index in [2.05, 4.69) is 36.9 Å². The van der Waals surface area contributed by atoms with Gasteiger partial charge in [-0.05, 0) is 68.6 Å². The van der Waals surface area contributed by atoms with Crippen molar-refractivity contribution in [2.45, 2.75) is 59.3 Å². The summed E-state index contributed by atoms with van der Waals surface area (Å²) >= 11 is 0. The van der Waals surface area contributed by atoms with E-state index < -0.39 is 15.3 Å². The third-order valence-electron chi connectivity index (χ3n) is 6.31. The van der Waals surface area contributed by atoms with E-state index >= 15 is 0 Å². The molecule has 0 radical (unpaired) electrons. The Morgan fingerprint density at radius 1 is 1.16 bits per heavy atom. The Bertz CT molecular complexity index is 860. The first-order valence-corrected chi connectivity index (χ1v) is 12.6. The number of rotatable bonds is 10. The highest BCUT2D eigenvalue weighted by atomic mass is 32.2. The summed E-state index contributed by atoms with van der Waals surface area (Å²) in [5, 5.41) is 2.57. The maximum atomic E-state index is 12.6. The number of ether oxygens (including phenoxy) is 1. The van der Waals surface area contributed by atoms with Crippen LogP contribution in [0.2, 0.25) is 0 Å². The zero-order chi connectivity index (χ0) is 23.2. The molecule has 7 heteroatoms. The zero-order valence-corrected chi connectivity index (χ0v) is 20.5. The van der Waals surface area contributed by atoms with Crippen molar-refractivity contribution in [1.82, 2.24) is 10.0 Å². The number of sulfonamides is 1. The molecule has 1 aromatic carbocycles. The Morgan fingerprint density at radius 3 is 2.35 bits per heavy atom. The largest absolute Gasteiger partial charge is 0.497 e. The molecule has 1 amide bonds. The van der Waals surface area contributed by atoms with Crippen molar-refractivity contribution >= 4 is 15.9 Å². The van der Waals surface area contributed by atoms with Crippen LogP contribution in [-0.4, -0.2) is 33.2 Å². The van der Waals surface area contributed by atoms with Crippen LogP contribution in [0, 0.1) is 23.7 Å². The van der Waals surface area contributed by atoms with Crippen molar-refractivity contribution in [2.75, 3.05) is 13.7 Å². The van der Waals surface area contributed by atoms with Crippen LogP contribution in [0.25, 0.3) is 0 Å². The van der Waals surface area contributed by atoms with Gasteiger partial charge in [0.05, 0.1) is 12.4 Å². The molecule has 0 spiro atoms. The standard InChI is InChI=1S/C24H38N2O4S/c1-16(2)23-12-20(18(5)11-21(23)15-26-31(28,29)17(3)4)13-24(27)25-14-19-7-9-22(30-6)10-8-19/h7-11,16-17,20-21,23,26H,12-15H2,1-6H3,(H,25,27)/t20-,21-,23-/m0/s1. The first-order valence-electron chi connectivity index (χ1n) is 11.1. The Morgan fingerprint density at radius 2 is 1.81 bits per heavy atom. The molecule has 6 nitrogen and oxygen atoms in total. The van der Waals surface area contributed by atoms with Gasteiger partial charge >= 0.3 is 0 Å². The predicted molar refractivity (Wildman–Crippen MR) is 125 cm³/mol. The maximum absolute atomic E-state index is 12.6. The van der Waals surface area contributed by atoms with Crippen molar-refractivity contribution in [3.8, 4) is 5.75 Å². The van der Waals surface area contributed by atoms with Crippen molar-refractivity contribution in [3.63, 3.8) is 0 Å². The molecule has 0 unspecified atom stereocenters. The number of benzene rings is 1. The highest BCUT2D eigenvalue weighted by Gasteiger charge is 2.33. The molecule has 0 aromatic heterocycles. The second kappa shape index (κ2) is 11.1. The minimum atomic E-state index is -3.29. The number of nitrogens with one attached hydrogen (secondary N) is 2. The summed E-state index contributed by atoms with van der Waals surface area (Å²) in [5.74, 6) is 1.90. The second-order valence-electron chi connectivity index (χ2n) is 9.19. The molecule has 0 bridgehead atoms. The van der Waals surface area contributed by atoms with Gasteiger partial charge in [-0.2, -0.15) is 0 Å². The number of carbonyl (C=O) groups is 1. The number of hydrogen-bond acceptors (Lipinski definition) is 4. The molecule has 1 aromatic rings. The van der Waals surface area contributed by atoms with Gasteiger partial charge in [-0.3, -0.25) is 4.79 Å². The van der Waals surface area contributed by atoms with E-state index in [4.69, 9.17) is 4.74 Å². The van der Waals surface area contributed by atoms with E-state index in [1.165, 1.54) is 5.57 Å². The molecule has 2 N–H and O–H groups in total. The van der Waals surface area contributed by atoms with Crippen LogP contribution in [0.4, 0.5) is 0 Å². The Kier molecular flexibility index (Phi) is 9.13. The van der Waals surface area contributed by atoms with E-state index in [1.807, 2.05) is 24.3 Å². The van der Waals surface area contributed by atoms with Gasteiger partial charge in [0, 0.05) is 19.5 Å². The van der Waals surface area contributed by atoms with Crippen molar-refractivity contribution in [1.29, 1.82) is 0 Å². The summed E-state index contributed by atoms with van der Waals surface area (Å²) in [5.41, 5.74) is 2.20. The molecule has 174 valence electrons. The summed E-state index contributed by atoms with van der Waals surface area (Å²) in [6.07, 6.45) is 3.52. The van der Waals surface area contributed by atoms with Gasteiger partial charge in [0.25, 0.3) is 0 Å². The minimum Gasteiger partial charge on any atom is -0.497 e. The fraction of sp³-hybridized carbons (Fsp3) is 0.625. The molecule has 0 saturated heterocycles. The monoisotopic (exact) mass is 450 g/mol. The van der Waals surface area contributed by atoms with E-state index in [-0.39, 0.29) is 17.7 Å². The molecular weight excluding hydrogens is 412 g/mol.